The molecule has 1 rings (SSSR count). The first kappa shape index (κ1) is 15.0. The Morgan fingerprint density at radius 2 is 1.95 bits per heavy atom. The van der Waals surface area contributed by atoms with Crippen molar-refractivity contribution >= 4 is 17.6 Å². The van der Waals surface area contributed by atoms with Gasteiger partial charge in [-0.1, -0.05) is 12.1 Å². The van der Waals surface area contributed by atoms with E-state index in [1.807, 2.05) is 25.1 Å². The van der Waals surface area contributed by atoms with E-state index in [9.17, 15) is 9.59 Å². The van der Waals surface area contributed by atoms with Crippen LogP contribution in [0, 0.1) is 0 Å². The van der Waals surface area contributed by atoms with Gasteiger partial charge in [0.1, 0.15) is 0 Å². The first-order chi connectivity index (χ1) is 8.91. The van der Waals surface area contributed by atoms with Crippen LogP contribution in [0.15, 0.2) is 24.3 Å². The topological polar surface area (TPSA) is 69.6 Å². The second-order valence-electron chi connectivity index (χ2n) is 4.72. The Bertz CT molecular complexity index is 458. The van der Waals surface area contributed by atoms with Gasteiger partial charge in [0.2, 0.25) is 0 Å². The van der Waals surface area contributed by atoms with Crippen LogP contribution in [-0.2, 0) is 4.79 Å². The normalized spacial score (nSPS) is 11.7. The van der Waals surface area contributed by atoms with Gasteiger partial charge in [0.05, 0.1) is 5.56 Å². The number of carbonyl (C=O) groups excluding carboxylic acids is 1. The quantitative estimate of drug-likeness (QED) is 0.825. The third-order valence-electron chi connectivity index (χ3n) is 2.76. The second kappa shape index (κ2) is 6.78. The predicted octanol–water partition coefficient (Wildman–Crippen LogP) is 2.05. The van der Waals surface area contributed by atoms with Crippen LogP contribution in [0.5, 0.6) is 0 Å². The SMILES string of the molecule is CC(CCC(=O)O)Nc1ccccc1C(=O)N(C)C. The number of rotatable bonds is 6. The molecule has 0 saturated carbocycles. The van der Waals surface area contributed by atoms with Crippen LogP contribution < -0.4 is 5.32 Å². The third kappa shape index (κ3) is 4.62. The molecule has 5 nitrogen and oxygen atoms in total. The molecule has 1 amide bonds. The highest BCUT2D eigenvalue weighted by Gasteiger charge is 2.14. The van der Waals surface area contributed by atoms with Crippen molar-refractivity contribution in [3.63, 3.8) is 0 Å². The summed E-state index contributed by atoms with van der Waals surface area (Å²) in [6.45, 7) is 1.90. The fourth-order valence-corrected chi connectivity index (χ4v) is 1.71. The smallest absolute Gasteiger partial charge is 0.303 e. The third-order valence-corrected chi connectivity index (χ3v) is 2.76. The molecule has 2 N–H and O–H groups in total. The number of hydrogen-bond donors (Lipinski definition) is 2. The lowest BCUT2D eigenvalue weighted by molar-refractivity contribution is -0.137. The fourth-order valence-electron chi connectivity index (χ4n) is 1.71. The van der Waals surface area contributed by atoms with Gasteiger partial charge in [0.25, 0.3) is 5.91 Å². The molecule has 0 bridgehead atoms. The molecule has 0 fully saturated rings. The van der Waals surface area contributed by atoms with Gasteiger partial charge >= 0.3 is 5.97 Å². The number of carboxylic acids is 1. The highest BCUT2D eigenvalue weighted by Crippen LogP contribution is 2.18. The lowest BCUT2D eigenvalue weighted by atomic mass is 10.1. The number of nitrogens with one attached hydrogen (secondary N) is 1. The first-order valence-electron chi connectivity index (χ1n) is 6.21. The Labute approximate surface area is 113 Å². The zero-order valence-corrected chi connectivity index (χ0v) is 11.5. The molecule has 0 heterocycles. The molecule has 1 unspecified atom stereocenters. The molecular formula is C14H20N2O3. The van der Waals surface area contributed by atoms with Crippen LogP contribution in [-0.4, -0.2) is 42.0 Å². The standard InChI is InChI=1S/C14H20N2O3/c1-10(8-9-13(17)18)15-12-7-5-4-6-11(12)14(19)16(2)3/h4-7,10,15H,8-9H2,1-3H3,(H,17,18). The molecule has 5 heteroatoms. The van der Waals surface area contributed by atoms with E-state index in [1.54, 1.807) is 20.2 Å². The van der Waals surface area contributed by atoms with Gasteiger partial charge in [0.15, 0.2) is 0 Å². The summed E-state index contributed by atoms with van der Waals surface area (Å²) in [6, 6.07) is 7.23. The summed E-state index contributed by atoms with van der Waals surface area (Å²) in [5.74, 6) is -0.889. The van der Waals surface area contributed by atoms with E-state index in [2.05, 4.69) is 5.32 Å². The summed E-state index contributed by atoms with van der Waals surface area (Å²) >= 11 is 0. The van der Waals surface area contributed by atoms with E-state index in [4.69, 9.17) is 5.11 Å². The molecular weight excluding hydrogens is 244 g/mol. The van der Waals surface area contributed by atoms with Gasteiger partial charge in [-0.25, -0.2) is 0 Å². The largest absolute Gasteiger partial charge is 0.481 e. The van der Waals surface area contributed by atoms with Gasteiger partial charge in [-0.3, -0.25) is 9.59 Å². The molecule has 0 radical (unpaired) electrons. The number of amides is 1. The lowest BCUT2D eigenvalue weighted by Crippen LogP contribution is -2.24. The minimum absolute atomic E-state index is 0.00721. The Kier molecular flexibility index (Phi) is 5.36. The minimum Gasteiger partial charge on any atom is -0.481 e. The van der Waals surface area contributed by atoms with Crippen LogP contribution >= 0.6 is 0 Å². The summed E-state index contributed by atoms with van der Waals surface area (Å²) in [7, 11) is 3.40. The minimum atomic E-state index is -0.814. The second-order valence-corrected chi connectivity index (χ2v) is 4.72. The van der Waals surface area contributed by atoms with Crippen molar-refractivity contribution < 1.29 is 14.7 Å². The van der Waals surface area contributed by atoms with Crippen molar-refractivity contribution in [3.8, 4) is 0 Å². The van der Waals surface area contributed by atoms with E-state index in [1.165, 1.54) is 4.90 Å². The number of para-hydroxylation sites is 1. The van der Waals surface area contributed by atoms with Crippen molar-refractivity contribution in [1.82, 2.24) is 4.90 Å². The number of aliphatic carboxylic acids is 1. The number of anilines is 1. The van der Waals surface area contributed by atoms with Crippen LogP contribution in [0.4, 0.5) is 5.69 Å². The molecule has 1 atom stereocenters. The van der Waals surface area contributed by atoms with Crippen LogP contribution in [0.3, 0.4) is 0 Å². The maximum atomic E-state index is 12.0. The highest BCUT2D eigenvalue weighted by molar-refractivity contribution is 5.99. The Morgan fingerprint density at radius 3 is 2.53 bits per heavy atom. The fraction of sp³-hybridized carbons (Fsp3) is 0.429. The zero-order chi connectivity index (χ0) is 14.4. The molecule has 1 aromatic rings. The summed E-state index contributed by atoms with van der Waals surface area (Å²) in [5.41, 5.74) is 1.33. The number of hydrogen-bond acceptors (Lipinski definition) is 3. The number of carboxylic acid groups (broad SMARTS) is 1. The van der Waals surface area contributed by atoms with Crippen molar-refractivity contribution in [2.45, 2.75) is 25.8 Å². The molecule has 0 saturated heterocycles. The lowest BCUT2D eigenvalue weighted by Gasteiger charge is -2.19. The zero-order valence-electron chi connectivity index (χ0n) is 11.5. The monoisotopic (exact) mass is 264 g/mol. The van der Waals surface area contributed by atoms with Gasteiger partial charge in [0, 0.05) is 32.2 Å². The average molecular weight is 264 g/mol. The van der Waals surface area contributed by atoms with E-state index >= 15 is 0 Å². The maximum absolute atomic E-state index is 12.0. The Hall–Kier alpha value is -2.04. The van der Waals surface area contributed by atoms with E-state index in [-0.39, 0.29) is 18.4 Å². The van der Waals surface area contributed by atoms with E-state index in [0.717, 1.165) is 5.69 Å². The highest BCUT2D eigenvalue weighted by atomic mass is 16.4. The molecule has 0 spiro atoms. The Morgan fingerprint density at radius 1 is 1.32 bits per heavy atom. The molecule has 19 heavy (non-hydrogen) atoms. The van der Waals surface area contributed by atoms with Crippen molar-refractivity contribution in [2.24, 2.45) is 0 Å². The van der Waals surface area contributed by atoms with Gasteiger partial charge < -0.3 is 15.3 Å². The summed E-state index contributed by atoms with van der Waals surface area (Å²) < 4.78 is 0. The van der Waals surface area contributed by atoms with Gasteiger partial charge in [-0.2, -0.15) is 0 Å². The van der Waals surface area contributed by atoms with Crippen molar-refractivity contribution in [3.05, 3.63) is 29.8 Å². The predicted molar refractivity (Wildman–Crippen MR) is 74.4 cm³/mol. The van der Waals surface area contributed by atoms with Crippen LogP contribution in [0.25, 0.3) is 0 Å². The molecule has 104 valence electrons. The number of benzene rings is 1. The number of nitrogens with zero attached hydrogens (tertiary/aromatic N) is 1. The van der Waals surface area contributed by atoms with Crippen molar-refractivity contribution in [1.29, 1.82) is 0 Å². The summed E-state index contributed by atoms with van der Waals surface area (Å²) in [5, 5.41) is 11.8. The van der Waals surface area contributed by atoms with Crippen molar-refractivity contribution in [2.75, 3.05) is 19.4 Å². The maximum Gasteiger partial charge on any atom is 0.303 e. The van der Waals surface area contributed by atoms with Crippen LogP contribution in [0.1, 0.15) is 30.1 Å². The first-order valence-corrected chi connectivity index (χ1v) is 6.21. The molecule has 0 aliphatic carbocycles. The molecule has 0 aromatic heterocycles. The average Bonchev–Trinajstić information content (AvgIpc) is 2.36. The molecule has 0 aliphatic heterocycles. The van der Waals surface area contributed by atoms with Crippen LogP contribution in [0.2, 0.25) is 0 Å². The van der Waals surface area contributed by atoms with E-state index < -0.39 is 5.97 Å². The Balaban J connectivity index is 2.78. The number of carbonyl (C=O) groups is 2. The molecule has 1 aromatic carbocycles. The van der Waals surface area contributed by atoms with Gasteiger partial charge in [-0.05, 0) is 25.5 Å². The van der Waals surface area contributed by atoms with Gasteiger partial charge in [-0.15, -0.1) is 0 Å². The molecule has 0 aliphatic rings. The van der Waals surface area contributed by atoms with E-state index in [0.29, 0.717) is 12.0 Å². The summed E-state index contributed by atoms with van der Waals surface area (Å²) in [6.07, 6.45) is 0.623. The summed E-state index contributed by atoms with van der Waals surface area (Å²) in [4.78, 5) is 24.1.